The first-order valence-corrected chi connectivity index (χ1v) is 8.17. The van der Waals surface area contributed by atoms with Crippen LogP contribution in [0, 0.1) is 0 Å². The number of alkyl halides is 15. The van der Waals surface area contributed by atoms with Gasteiger partial charge in [0, 0.05) is 0 Å². The van der Waals surface area contributed by atoms with E-state index in [1.165, 1.54) is 6.07 Å². The van der Waals surface area contributed by atoms with Gasteiger partial charge in [0.05, 0.1) is 0 Å². The summed E-state index contributed by atoms with van der Waals surface area (Å²) in [6, 6.07) is 5.58. The Bertz CT molecular complexity index is 890. The van der Waals surface area contributed by atoms with Crippen LogP contribution < -0.4 is 0 Å². The van der Waals surface area contributed by atoms with E-state index < -0.39 is 53.8 Å². The number of hydrogen-bond acceptors (Lipinski definition) is 2. The Morgan fingerprint density at radius 2 is 1.06 bits per heavy atom. The Labute approximate surface area is 179 Å². The maximum Gasteiger partial charge on any atom is 0.460 e. The molecular formula is C17H9F15O2. The fourth-order valence-corrected chi connectivity index (χ4v) is 2.18. The third-order valence-corrected chi connectivity index (χ3v) is 4.16. The van der Waals surface area contributed by atoms with Gasteiger partial charge in [-0.2, -0.15) is 65.9 Å². The minimum atomic E-state index is -8.48. The molecule has 0 aromatic heterocycles. The molecule has 0 radical (unpaired) electrons. The van der Waals surface area contributed by atoms with Crippen molar-refractivity contribution in [1.29, 1.82) is 0 Å². The standard InChI is InChI=1S/C17H9F15O2/c1-2-9(8-6-4-3-5-7-8)34-10(33)11(18,19)12(20,21)13(22,23)14(24,25)15(26,27)16(28,29)17(30,31)32/h2-7,9H,1H2. The SMILES string of the molecule is C=CC(OC(=O)C(F)(F)C(F)(F)C(F)(F)C(F)(F)C(F)(F)C(F)(F)C(F)(F)F)c1ccccc1. The molecule has 0 fully saturated rings. The van der Waals surface area contributed by atoms with Gasteiger partial charge in [0.2, 0.25) is 0 Å². The second-order valence-electron chi connectivity index (χ2n) is 6.42. The van der Waals surface area contributed by atoms with Crippen LogP contribution in [0.2, 0.25) is 0 Å². The number of ether oxygens (including phenoxy) is 1. The van der Waals surface area contributed by atoms with Crippen LogP contribution in [0.1, 0.15) is 11.7 Å². The number of esters is 1. The molecule has 1 unspecified atom stereocenters. The van der Waals surface area contributed by atoms with Crippen molar-refractivity contribution >= 4 is 5.97 Å². The lowest BCUT2D eigenvalue weighted by atomic mass is 9.91. The summed E-state index contributed by atoms with van der Waals surface area (Å²) in [5.74, 6) is -52.2. The van der Waals surface area contributed by atoms with E-state index in [4.69, 9.17) is 0 Å². The molecular weight excluding hydrogens is 521 g/mol. The second kappa shape index (κ2) is 8.55. The van der Waals surface area contributed by atoms with E-state index in [-0.39, 0.29) is 5.56 Å². The maximum atomic E-state index is 13.8. The van der Waals surface area contributed by atoms with E-state index >= 15 is 0 Å². The van der Waals surface area contributed by atoms with Crippen LogP contribution in [0.3, 0.4) is 0 Å². The molecule has 0 aliphatic heterocycles. The zero-order valence-electron chi connectivity index (χ0n) is 15.7. The minimum Gasteiger partial charge on any atom is -0.449 e. The van der Waals surface area contributed by atoms with Crippen LogP contribution in [0.5, 0.6) is 0 Å². The van der Waals surface area contributed by atoms with Crippen molar-refractivity contribution in [3.63, 3.8) is 0 Å². The highest BCUT2D eigenvalue weighted by atomic mass is 19.4. The molecule has 1 atom stereocenters. The summed E-state index contributed by atoms with van der Waals surface area (Å²) in [6.45, 7) is 2.94. The molecule has 1 aromatic carbocycles. The van der Waals surface area contributed by atoms with Crippen molar-refractivity contribution in [3.8, 4) is 0 Å². The van der Waals surface area contributed by atoms with Gasteiger partial charge in [-0.3, -0.25) is 0 Å². The summed E-state index contributed by atoms with van der Waals surface area (Å²) >= 11 is 0. The lowest BCUT2D eigenvalue weighted by molar-refractivity contribution is -0.450. The van der Waals surface area contributed by atoms with Crippen molar-refractivity contribution in [2.45, 2.75) is 47.8 Å². The smallest absolute Gasteiger partial charge is 0.449 e. The average Bonchev–Trinajstić information content (AvgIpc) is 2.70. The topological polar surface area (TPSA) is 26.3 Å². The molecule has 0 saturated heterocycles. The van der Waals surface area contributed by atoms with Gasteiger partial charge >= 0.3 is 47.7 Å². The quantitative estimate of drug-likeness (QED) is 0.199. The zero-order chi connectivity index (χ0) is 27.2. The molecule has 17 heteroatoms. The minimum absolute atomic E-state index is 0.321. The van der Waals surface area contributed by atoms with Crippen molar-refractivity contribution < 1.29 is 75.4 Å². The first kappa shape index (κ1) is 29.4. The highest BCUT2D eigenvalue weighted by Gasteiger charge is 2.94. The molecule has 1 aromatic rings. The highest BCUT2D eigenvalue weighted by Crippen LogP contribution is 2.62. The monoisotopic (exact) mass is 530 g/mol. The van der Waals surface area contributed by atoms with E-state index in [9.17, 15) is 70.7 Å². The molecule has 194 valence electrons. The number of benzene rings is 1. The Morgan fingerprint density at radius 3 is 1.44 bits per heavy atom. The predicted molar refractivity (Wildman–Crippen MR) is 81.2 cm³/mol. The summed E-state index contributed by atoms with van der Waals surface area (Å²) in [4.78, 5) is 11.4. The average molecular weight is 530 g/mol. The van der Waals surface area contributed by atoms with Gasteiger partial charge in [-0.05, 0) is 11.6 Å². The fraction of sp³-hybridized carbons (Fsp3) is 0.471. The van der Waals surface area contributed by atoms with Gasteiger partial charge in [-0.15, -0.1) is 0 Å². The zero-order valence-corrected chi connectivity index (χ0v) is 15.7. The van der Waals surface area contributed by atoms with Crippen molar-refractivity contribution in [2.75, 3.05) is 0 Å². The number of carbonyl (C=O) groups excluding carboxylic acids is 1. The Hall–Kier alpha value is -2.62. The summed E-state index contributed by atoms with van der Waals surface area (Å²) < 4.78 is 201. The van der Waals surface area contributed by atoms with Crippen LogP contribution in [0.4, 0.5) is 65.9 Å². The third kappa shape index (κ3) is 4.16. The van der Waals surface area contributed by atoms with E-state index in [0.29, 0.717) is 6.08 Å². The first-order valence-electron chi connectivity index (χ1n) is 8.17. The van der Waals surface area contributed by atoms with Gasteiger partial charge in [0.15, 0.2) is 0 Å². The molecule has 1 rings (SSSR count). The normalized spacial score (nSPS) is 15.6. The molecule has 0 amide bonds. The summed E-state index contributed by atoms with van der Waals surface area (Å²) in [7, 11) is 0. The van der Waals surface area contributed by atoms with Gasteiger partial charge in [-0.25, -0.2) is 4.79 Å². The van der Waals surface area contributed by atoms with E-state index in [0.717, 1.165) is 24.3 Å². The highest BCUT2D eigenvalue weighted by molar-refractivity contribution is 5.79. The Balaban J connectivity index is 3.48. The molecule has 34 heavy (non-hydrogen) atoms. The first-order chi connectivity index (χ1) is 14.9. The molecule has 0 aliphatic rings. The van der Waals surface area contributed by atoms with Gasteiger partial charge in [0.25, 0.3) is 0 Å². The molecule has 0 aliphatic carbocycles. The van der Waals surface area contributed by atoms with E-state index in [1.54, 1.807) is 0 Å². The van der Waals surface area contributed by atoms with Gasteiger partial charge in [0.1, 0.15) is 6.10 Å². The van der Waals surface area contributed by atoms with Crippen molar-refractivity contribution in [2.24, 2.45) is 0 Å². The second-order valence-corrected chi connectivity index (χ2v) is 6.42. The number of hydrogen-bond donors (Lipinski definition) is 0. The number of rotatable bonds is 9. The lowest BCUT2D eigenvalue weighted by Gasteiger charge is -2.41. The molecule has 0 bridgehead atoms. The number of carbonyl (C=O) groups is 1. The summed E-state index contributed by atoms with van der Waals surface area (Å²) in [5, 5.41) is 0. The van der Waals surface area contributed by atoms with E-state index in [1.807, 2.05) is 0 Å². The largest absolute Gasteiger partial charge is 0.460 e. The van der Waals surface area contributed by atoms with Crippen LogP contribution >= 0.6 is 0 Å². The molecule has 0 heterocycles. The molecule has 0 spiro atoms. The van der Waals surface area contributed by atoms with Crippen LogP contribution in [0.25, 0.3) is 0 Å². The van der Waals surface area contributed by atoms with Crippen LogP contribution in [0.15, 0.2) is 43.0 Å². The third-order valence-electron chi connectivity index (χ3n) is 4.16. The van der Waals surface area contributed by atoms with Crippen molar-refractivity contribution in [1.82, 2.24) is 0 Å². The van der Waals surface area contributed by atoms with E-state index in [2.05, 4.69) is 11.3 Å². The van der Waals surface area contributed by atoms with Crippen LogP contribution in [-0.4, -0.2) is 47.7 Å². The Kier molecular flexibility index (Phi) is 7.40. The molecule has 2 nitrogen and oxygen atoms in total. The summed E-state index contributed by atoms with van der Waals surface area (Å²) in [6.07, 6.45) is -9.38. The van der Waals surface area contributed by atoms with Gasteiger partial charge < -0.3 is 4.74 Å². The predicted octanol–water partition coefficient (Wildman–Crippen LogP) is 6.83. The van der Waals surface area contributed by atoms with Crippen LogP contribution in [-0.2, 0) is 9.53 Å². The fourth-order valence-electron chi connectivity index (χ4n) is 2.18. The van der Waals surface area contributed by atoms with Gasteiger partial charge in [-0.1, -0.05) is 36.9 Å². The summed E-state index contributed by atoms with van der Waals surface area (Å²) in [5.41, 5.74) is -0.321. The number of halogens is 15. The Morgan fingerprint density at radius 1 is 0.676 bits per heavy atom. The maximum absolute atomic E-state index is 13.8. The molecule has 0 saturated carbocycles. The lowest BCUT2D eigenvalue weighted by Crippen LogP contribution is -2.73. The van der Waals surface area contributed by atoms with Crippen molar-refractivity contribution in [3.05, 3.63) is 48.6 Å². The molecule has 0 N–H and O–H groups in total.